The molecule has 1 aliphatic rings. The molecule has 0 aliphatic carbocycles. The van der Waals surface area contributed by atoms with Crippen molar-refractivity contribution in [3.05, 3.63) is 11.6 Å². The van der Waals surface area contributed by atoms with Gasteiger partial charge in [-0.25, -0.2) is 4.79 Å². The normalized spacial score (nSPS) is 17.4. The first-order valence-corrected chi connectivity index (χ1v) is 10.9. The maximum atomic E-state index is 11.9. The molecule has 0 aromatic carbocycles. The number of piperidine rings is 1. The molecule has 110 valence electrons. The van der Waals surface area contributed by atoms with E-state index < -0.39 is 13.7 Å². The molecule has 1 rings (SSSR count). The first-order chi connectivity index (χ1) is 8.57. The van der Waals surface area contributed by atoms with E-state index in [1.54, 1.807) is 0 Å². The molecule has 19 heavy (non-hydrogen) atoms. The zero-order chi connectivity index (χ0) is 14.7. The minimum Gasteiger partial charge on any atom is -0.444 e. The SMILES string of the molecule is CC(C)(C)OC(=O)N1CCC(=CC[Si](C)(C)C)CC1. The fraction of sp³-hybridized carbons (Fsp3) is 0.800. The van der Waals surface area contributed by atoms with Gasteiger partial charge in [-0.15, -0.1) is 0 Å². The highest BCUT2D eigenvalue weighted by Gasteiger charge is 2.24. The summed E-state index contributed by atoms with van der Waals surface area (Å²) in [4.78, 5) is 13.8. The maximum absolute atomic E-state index is 11.9. The van der Waals surface area contributed by atoms with Crippen LogP contribution in [0.15, 0.2) is 11.6 Å². The second-order valence-corrected chi connectivity index (χ2v) is 13.1. The van der Waals surface area contributed by atoms with Crippen LogP contribution in [0.1, 0.15) is 33.6 Å². The highest BCUT2D eigenvalue weighted by Crippen LogP contribution is 2.21. The lowest BCUT2D eigenvalue weighted by Crippen LogP contribution is -2.40. The highest BCUT2D eigenvalue weighted by atomic mass is 28.3. The molecular formula is C15H29NO2Si. The van der Waals surface area contributed by atoms with Crippen LogP contribution < -0.4 is 0 Å². The molecule has 1 heterocycles. The molecular weight excluding hydrogens is 254 g/mol. The quantitative estimate of drug-likeness (QED) is 0.559. The fourth-order valence-corrected chi connectivity index (χ4v) is 2.86. The predicted octanol–water partition coefficient (Wildman–Crippen LogP) is 4.28. The van der Waals surface area contributed by atoms with Gasteiger partial charge in [0, 0.05) is 21.2 Å². The number of hydrogen-bond acceptors (Lipinski definition) is 2. The van der Waals surface area contributed by atoms with Crippen molar-refractivity contribution in [2.45, 2.75) is 64.9 Å². The van der Waals surface area contributed by atoms with Crippen LogP contribution in [0.5, 0.6) is 0 Å². The molecule has 0 bridgehead atoms. The number of rotatable bonds is 2. The molecule has 0 unspecified atom stereocenters. The van der Waals surface area contributed by atoms with Crippen LogP contribution in [0.3, 0.4) is 0 Å². The number of nitrogens with zero attached hydrogens (tertiary/aromatic N) is 1. The van der Waals surface area contributed by atoms with Crippen LogP contribution in [0.4, 0.5) is 4.79 Å². The molecule has 4 heteroatoms. The van der Waals surface area contributed by atoms with Gasteiger partial charge >= 0.3 is 6.09 Å². The topological polar surface area (TPSA) is 29.5 Å². The molecule has 0 aromatic heterocycles. The minimum absolute atomic E-state index is 0.170. The largest absolute Gasteiger partial charge is 0.444 e. The van der Waals surface area contributed by atoms with Crippen LogP contribution in [0.25, 0.3) is 0 Å². The van der Waals surface area contributed by atoms with Gasteiger partial charge in [-0.05, 0) is 39.7 Å². The van der Waals surface area contributed by atoms with Gasteiger partial charge in [0.2, 0.25) is 0 Å². The van der Waals surface area contributed by atoms with Gasteiger partial charge in [0.15, 0.2) is 0 Å². The number of likely N-dealkylation sites (tertiary alicyclic amines) is 1. The van der Waals surface area contributed by atoms with E-state index in [2.05, 4.69) is 25.7 Å². The van der Waals surface area contributed by atoms with E-state index >= 15 is 0 Å². The third-order valence-electron chi connectivity index (χ3n) is 3.06. The van der Waals surface area contributed by atoms with Crippen molar-refractivity contribution < 1.29 is 9.53 Å². The standard InChI is InChI=1S/C15H29NO2Si/c1-15(2,3)18-14(17)16-10-7-13(8-11-16)9-12-19(4,5)6/h9H,7-8,10-12H2,1-6H3. The van der Waals surface area contributed by atoms with Gasteiger partial charge < -0.3 is 9.64 Å². The molecule has 1 amide bonds. The summed E-state index contributed by atoms with van der Waals surface area (Å²) in [5, 5.41) is 0. The molecule has 1 saturated heterocycles. The van der Waals surface area contributed by atoms with Crippen molar-refractivity contribution in [1.82, 2.24) is 4.90 Å². The summed E-state index contributed by atoms with van der Waals surface area (Å²) in [5.74, 6) is 0. The molecule has 0 N–H and O–H groups in total. The van der Waals surface area contributed by atoms with Gasteiger partial charge in [-0.1, -0.05) is 31.3 Å². The van der Waals surface area contributed by atoms with E-state index in [9.17, 15) is 4.79 Å². The molecule has 1 fully saturated rings. The summed E-state index contributed by atoms with van der Waals surface area (Å²) in [6.07, 6.45) is 4.25. The second-order valence-electron chi connectivity index (χ2n) is 7.59. The van der Waals surface area contributed by atoms with E-state index in [-0.39, 0.29) is 6.09 Å². The summed E-state index contributed by atoms with van der Waals surface area (Å²) in [6.45, 7) is 14.5. The third-order valence-corrected chi connectivity index (χ3v) is 4.49. The van der Waals surface area contributed by atoms with Gasteiger partial charge in [0.1, 0.15) is 5.60 Å². The summed E-state index contributed by atoms with van der Waals surface area (Å²) in [5.41, 5.74) is 1.12. The lowest BCUT2D eigenvalue weighted by atomic mass is 10.0. The Morgan fingerprint density at radius 3 is 2.21 bits per heavy atom. The number of amides is 1. The van der Waals surface area contributed by atoms with Crippen molar-refractivity contribution in [3.8, 4) is 0 Å². The van der Waals surface area contributed by atoms with E-state index in [1.165, 1.54) is 11.6 Å². The number of carbonyl (C=O) groups excluding carboxylic acids is 1. The first kappa shape index (κ1) is 16.3. The Kier molecular flexibility index (Phi) is 5.24. The van der Waals surface area contributed by atoms with Gasteiger partial charge in [0.25, 0.3) is 0 Å². The Labute approximate surface area is 119 Å². The monoisotopic (exact) mass is 283 g/mol. The number of allylic oxidation sites excluding steroid dienone is 1. The lowest BCUT2D eigenvalue weighted by Gasteiger charge is -2.31. The number of carbonyl (C=O) groups is 1. The molecule has 1 aliphatic heterocycles. The van der Waals surface area contributed by atoms with Crippen LogP contribution in [0.2, 0.25) is 25.7 Å². The van der Waals surface area contributed by atoms with Crippen molar-refractivity contribution in [1.29, 1.82) is 0 Å². The smallest absolute Gasteiger partial charge is 0.410 e. The minimum atomic E-state index is -0.993. The molecule has 0 saturated carbocycles. The average molecular weight is 283 g/mol. The van der Waals surface area contributed by atoms with Crippen molar-refractivity contribution in [2.75, 3.05) is 13.1 Å². The van der Waals surface area contributed by atoms with Gasteiger partial charge in [-0.2, -0.15) is 0 Å². The molecule has 0 aromatic rings. The van der Waals surface area contributed by atoms with E-state index in [1.807, 2.05) is 25.7 Å². The molecule has 0 radical (unpaired) electrons. The Bertz CT molecular complexity index is 340. The van der Waals surface area contributed by atoms with Crippen molar-refractivity contribution in [2.24, 2.45) is 0 Å². The zero-order valence-electron chi connectivity index (χ0n) is 13.4. The van der Waals surface area contributed by atoms with Gasteiger partial charge in [-0.3, -0.25) is 0 Å². The van der Waals surface area contributed by atoms with E-state index in [0.29, 0.717) is 0 Å². The summed E-state index contributed by atoms with van der Waals surface area (Å²) < 4.78 is 5.40. The van der Waals surface area contributed by atoms with Crippen molar-refractivity contribution in [3.63, 3.8) is 0 Å². The summed E-state index contributed by atoms with van der Waals surface area (Å²) in [6, 6.07) is 1.24. The number of hydrogen-bond donors (Lipinski definition) is 0. The Hall–Kier alpha value is -0.773. The third kappa shape index (κ3) is 6.81. The summed E-state index contributed by atoms with van der Waals surface area (Å²) >= 11 is 0. The Morgan fingerprint density at radius 2 is 1.79 bits per heavy atom. The fourth-order valence-electron chi connectivity index (χ4n) is 1.96. The van der Waals surface area contributed by atoms with E-state index in [0.717, 1.165) is 25.9 Å². The molecule has 3 nitrogen and oxygen atoms in total. The van der Waals surface area contributed by atoms with Crippen LogP contribution in [0, 0.1) is 0 Å². The highest BCUT2D eigenvalue weighted by molar-refractivity contribution is 6.76. The first-order valence-electron chi connectivity index (χ1n) is 7.23. The predicted molar refractivity (Wildman–Crippen MR) is 83.3 cm³/mol. The average Bonchev–Trinajstić information content (AvgIpc) is 2.23. The van der Waals surface area contributed by atoms with Crippen LogP contribution >= 0.6 is 0 Å². The van der Waals surface area contributed by atoms with Crippen LogP contribution in [-0.2, 0) is 4.74 Å². The van der Waals surface area contributed by atoms with Crippen molar-refractivity contribution >= 4 is 14.2 Å². The van der Waals surface area contributed by atoms with Crippen LogP contribution in [-0.4, -0.2) is 37.8 Å². The Balaban J connectivity index is 2.43. The van der Waals surface area contributed by atoms with Gasteiger partial charge in [0.05, 0.1) is 0 Å². The number of ether oxygens (including phenoxy) is 1. The summed E-state index contributed by atoms with van der Waals surface area (Å²) in [7, 11) is -0.993. The zero-order valence-corrected chi connectivity index (χ0v) is 14.4. The molecule has 0 atom stereocenters. The maximum Gasteiger partial charge on any atom is 0.410 e. The Morgan fingerprint density at radius 1 is 1.26 bits per heavy atom. The van der Waals surface area contributed by atoms with E-state index in [4.69, 9.17) is 4.74 Å². The molecule has 0 spiro atoms. The lowest BCUT2D eigenvalue weighted by molar-refractivity contribution is 0.0236. The second kappa shape index (κ2) is 6.12.